The number of hydrogen-bond donors (Lipinski definition) is 2. The first-order chi connectivity index (χ1) is 9.87. The van der Waals surface area contributed by atoms with Gasteiger partial charge in [-0.2, -0.15) is 0 Å². The van der Waals surface area contributed by atoms with E-state index in [2.05, 4.69) is 20.0 Å². The van der Waals surface area contributed by atoms with Crippen LogP contribution in [-0.2, 0) is 14.8 Å². The predicted octanol–water partition coefficient (Wildman–Crippen LogP) is 1.89. The highest BCUT2D eigenvalue weighted by molar-refractivity contribution is 7.92. The van der Waals surface area contributed by atoms with Gasteiger partial charge in [0.05, 0.1) is 4.90 Å². The second kappa shape index (κ2) is 6.06. The summed E-state index contributed by atoms with van der Waals surface area (Å²) >= 11 is 5.66. The van der Waals surface area contributed by atoms with Gasteiger partial charge >= 0.3 is 0 Å². The number of hydrogen-bond acceptors (Lipinski definition) is 5. The molecule has 21 heavy (non-hydrogen) atoms. The van der Waals surface area contributed by atoms with Crippen LogP contribution in [0.15, 0.2) is 41.4 Å². The highest BCUT2D eigenvalue weighted by atomic mass is 35.5. The van der Waals surface area contributed by atoms with E-state index in [0.717, 1.165) is 0 Å². The lowest BCUT2D eigenvalue weighted by Crippen LogP contribution is -2.15. The van der Waals surface area contributed by atoms with Crippen molar-refractivity contribution >= 4 is 39.2 Å². The third-order valence-electron chi connectivity index (χ3n) is 2.33. The Bertz CT molecular complexity index is 762. The predicted molar refractivity (Wildman–Crippen MR) is 78.6 cm³/mol. The molecule has 1 amide bonds. The molecule has 0 saturated heterocycles. The van der Waals surface area contributed by atoms with Gasteiger partial charge in [0.15, 0.2) is 0 Å². The average molecular weight is 327 g/mol. The summed E-state index contributed by atoms with van der Waals surface area (Å²) < 4.78 is 26.5. The molecule has 0 aliphatic heterocycles. The third kappa shape index (κ3) is 4.14. The molecule has 0 spiro atoms. The van der Waals surface area contributed by atoms with Crippen LogP contribution < -0.4 is 10.0 Å². The Balaban J connectivity index is 2.21. The van der Waals surface area contributed by atoms with Crippen molar-refractivity contribution in [1.82, 2.24) is 9.97 Å². The molecule has 0 radical (unpaired) electrons. The Morgan fingerprint density at radius 3 is 2.43 bits per heavy atom. The van der Waals surface area contributed by atoms with Gasteiger partial charge in [0.2, 0.25) is 11.9 Å². The van der Waals surface area contributed by atoms with Gasteiger partial charge in [0, 0.05) is 18.8 Å². The van der Waals surface area contributed by atoms with Crippen molar-refractivity contribution in [3.63, 3.8) is 0 Å². The molecular weight excluding hydrogens is 316 g/mol. The summed E-state index contributed by atoms with van der Waals surface area (Å²) in [6, 6.07) is 7.11. The monoisotopic (exact) mass is 326 g/mol. The van der Waals surface area contributed by atoms with E-state index >= 15 is 0 Å². The fourth-order valence-corrected chi connectivity index (χ4v) is 2.57. The number of amides is 1. The second-order valence-electron chi connectivity index (χ2n) is 4.01. The van der Waals surface area contributed by atoms with Gasteiger partial charge in [-0.05, 0) is 30.3 Å². The quantitative estimate of drug-likeness (QED) is 0.835. The summed E-state index contributed by atoms with van der Waals surface area (Å²) in [5, 5.41) is 2.67. The van der Waals surface area contributed by atoms with Crippen LogP contribution in [0.2, 0.25) is 5.15 Å². The highest BCUT2D eigenvalue weighted by Gasteiger charge is 2.15. The first kappa shape index (κ1) is 15.2. The van der Waals surface area contributed by atoms with Gasteiger partial charge in [0.25, 0.3) is 10.0 Å². The molecule has 0 bridgehead atoms. The molecule has 2 rings (SSSR count). The zero-order valence-electron chi connectivity index (χ0n) is 10.9. The minimum Gasteiger partial charge on any atom is -0.326 e. The number of nitrogens with zero attached hydrogens (tertiary/aromatic N) is 2. The summed E-state index contributed by atoms with van der Waals surface area (Å²) in [6.07, 6.45) is 1.34. The Labute approximate surface area is 126 Å². The lowest BCUT2D eigenvalue weighted by molar-refractivity contribution is -0.114. The van der Waals surface area contributed by atoms with Crippen LogP contribution >= 0.6 is 11.6 Å². The number of carbonyl (C=O) groups is 1. The fourth-order valence-electron chi connectivity index (χ4n) is 1.49. The number of nitrogens with one attached hydrogen (secondary N) is 2. The van der Waals surface area contributed by atoms with Crippen molar-refractivity contribution in [3.05, 3.63) is 41.7 Å². The maximum atomic E-state index is 12.1. The van der Waals surface area contributed by atoms with Gasteiger partial charge in [-0.25, -0.2) is 23.1 Å². The van der Waals surface area contributed by atoms with Crippen LogP contribution in [0, 0.1) is 0 Å². The van der Waals surface area contributed by atoms with Gasteiger partial charge in [-0.1, -0.05) is 11.6 Å². The molecular formula is C12H11ClN4O3S. The summed E-state index contributed by atoms with van der Waals surface area (Å²) in [7, 11) is -3.82. The molecule has 2 N–H and O–H groups in total. The van der Waals surface area contributed by atoms with Crippen molar-refractivity contribution < 1.29 is 13.2 Å². The van der Waals surface area contributed by atoms with E-state index in [9.17, 15) is 13.2 Å². The largest absolute Gasteiger partial charge is 0.326 e. The number of aromatic nitrogens is 2. The van der Waals surface area contributed by atoms with E-state index in [1.54, 1.807) is 0 Å². The minimum atomic E-state index is -3.82. The molecule has 0 fully saturated rings. The maximum absolute atomic E-state index is 12.1. The SMILES string of the molecule is CC(=O)Nc1ccc(S(=O)(=O)Nc2nccc(Cl)n2)cc1. The van der Waals surface area contributed by atoms with Gasteiger partial charge in [-0.15, -0.1) is 0 Å². The molecule has 1 aromatic heterocycles. The summed E-state index contributed by atoms with van der Waals surface area (Å²) in [5.41, 5.74) is 0.500. The van der Waals surface area contributed by atoms with Crippen LogP contribution in [0.25, 0.3) is 0 Å². The first-order valence-corrected chi connectivity index (χ1v) is 7.62. The number of anilines is 2. The standard InChI is InChI=1S/C12H11ClN4O3S/c1-8(18)15-9-2-4-10(5-3-9)21(19,20)17-12-14-7-6-11(13)16-12/h2-7H,1H3,(H,15,18)(H,14,16,17). The van der Waals surface area contributed by atoms with E-state index < -0.39 is 10.0 Å². The topological polar surface area (TPSA) is 101 Å². The lowest BCUT2D eigenvalue weighted by atomic mass is 10.3. The normalized spacial score (nSPS) is 11.0. The van der Waals surface area contributed by atoms with Gasteiger partial charge < -0.3 is 5.32 Å². The van der Waals surface area contributed by atoms with Crippen LogP contribution in [0.4, 0.5) is 11.6 Å². The summed E-state index contributed by atoms with van der Waals surface area (Å²) in [4.78, 5) is 18.4. The molecule has 7 nitrogen and oxygen atoms in total. The van der Waals surface area contributed by atoms with E-state index in [1.165, 1.54) is 43.5 Å². The van der Waals surface area contributed by atoms with Crippen LogP contribution in [0.3, 0.4) is 0 Å². The molecule has 2 aromatic rings. The van der Waals surface area contributed by atoms with E-state index in [-0.39, 0.29) is 21.9 Å². The van der Waals surface area contributed by atoms with Crippen molar-refractivity contribution in [3.8, 4) is 0 Å². The van der Waals surface area contributed by atoms with Crippen LogP contribution in [0.1, 0.15) is 6.92 Å². The molecule has 0 aliphatic rings. The first-order valence-electron chi connectivity index (χ1n) is 5.76. The lowest BCUT2D eigenvalue weighted by Gasteiger charge is -2.07. The Morgan fingerprint density at radius 2 is 1.86 bits per heavy atom. The van der Waals surface area contributed by atoms with Crippen LogP contribution in [-0.4, -0.2) is 24.3 Å². The number of sulfonamides is 1. The average Bonchev–Trinajstić information content (AvgIpc) is 2.38. The molecule has 1 aromatic carbocycles. The number of rotatable bonds is 4. The van der Waals surface area contributed by atoms with E-state index in [4.69, 9.17) is 11.6 Å². The van der Waals surface area contributed by atoms with E-state index in [0.29, 0.717) is 5.69 Å². The molecule has 0 aliphatic carbocycles. The van der Waals surface area contributed by atoms with Crippen molar-refractivity contribution in [1.29, 1.82) is 0 Å². The van der Waals surface area contributed by atoms with E-state index in [1.807, 2.05) is 0 Å². The van der Waals surface area contributed by atoms with Crippen LogP contribution in [0.5, 0.6) is 0 Å². The van der Waals surface area contributed by atoms with Gasteiger partial charge in [0.1, 0.15) is 5.15 Å². The minimum absolute atomic E-state index is 0.0141. The zero-order valence-corrected chi connectivity index (χ0v) is 12.4. The Hall–Kier alpha value is -2.19. The Morgan fingerprint density at radius 1 is 1.19 bits per heavy atom. The number of halogens is 1. The maximum Gasteiger partial charge on any atom is 0.264 e. The summed E-state index contributed by atoms with van der Waals surface area (Å²) in [5.74, 6) is -0.357. The van der Waals surface area contributed by atoms with Crippen molar-refractivity contribution in [2.24, 2.45) is 0 Å². The molecule has 0 atom stereocenters. The highest BCUT2D eigenvalue weighted by Crippen LogP contribution is 2.17. The molecule has 0 unspecified atom stereocenters. The number of benzene rings is 1. The molecule has 9 heteroatoms. The zero-order chi connectivity index (χ0) is 15.5. The molecule has 0 saturated carbocycles. The summed E-state index contributed by atoms with van der Waals surface area (Å²) in [6.45, 7) is 1.36. The molecule has 1 heterocycles. The fraction of sp³-hybridized carbons (Fsp3) is 0.0833. The van der Waals surface area contributed by atoms with Gasteiger partial charge in [-0.3, -0.25) is 4.79 Å². The second-order valence-corrected chi connectivity index (χ2v) is 6.08. The number of carbonyl (C=O) groups excluding carboxylic acids is 1. The van der Waals surface area contributed by atoms with Crippen molar-refractivity contribution in [2.45, 2.75) is 11.8 Å². The van der Waals surface area contributed by atoms with Crippen molar-refractivity contribution in [2.75, 3.05) is 10.0 Å². The third-order valence-corrected chi connectivity index (χ3v) is 3.89. The molecule has 110 valence electrons. The Kier molecular flexibility index (Phi) is 4.39. The smallest absolute Gasteiger partial charge is 0.264 e.